The predicted molar refractivity (Wildman–Crippen MR) is 95.2 cm³/mol. The number of fused-ring (bicyclic) bond motifs is 1. The van der Waals surface area contributed by atoms with Gasteiger partial charge < -0.3 is 19.9 Å². The summed E-state index contributed by atoms with van der Waals surface area (Å²) in [5, 5.41) is 13.2. The van der Waals surface area contributed by atoms with Crippen molar-refractivity contribution in [2.75, 3.05) is 24.5 Å². The summed E-state index contributed by atoms with van der Waals surface area (Å²) in [6.07, 6.45) is 1.46. The summed E-state index contributed by atoms with van der Waals surface area (Å²) in [6, 6.07) is 6.14. The number of carbonyl (C=O) groups is 1. The van der Waals surface area contributed by atoms with Crippen molar-refractivity contribution in [3.8, 4) is 0 Å². The van der Waals surface area contributed by atoms with Crippen molar-refractivity contribution in [3.63, 3.8) is 0 Å². The fraction of sp³-hybridized carbons (Fsp3) is 0.444. The SMILES string of the molecule is CC1CN(c2ccc3c(=O)c(C(=O)O)cn(C(C)C)c3c2)CCN1. The van der Waals surface area contributed by atoms with Crippen molar-refractivity contribution in [3.05, 3.63) is 40.2 Å². The summed E-state index contributed by atoms with van der Waals surface area (Å²) < 4.78 is 1.87. The molecular formula is C18H23N3O3. The highest BCUT2D eigenvalue weighted by Crippen LogP contribution is 2.24. The maximum absolute atomic E-state index is 12.5. The number of aromatic carboxylic acids is 1. The summed E-state index contributed by atoms with van der Waals surface area (Å²) in [4.78, 5) is 26.1. The molecule has 0 saturated carbocycles. The number of aromatic nitrogens is 1. The molecule has 6 heteroatoms. The zero-order chi connectivity index (χ0) is 17.4. The Hall–Kier alpha value is -2.34. The van der Waals surface area contributed by atoms with Crippen LogP contribution >= 0.6 is 0 Å². The van der Waals surface area contributed by atoms with E-state index in [1.54, 1.807) is 6.07 Å². The van der Waals surface area contributed by atoms with Crippen molar-refractivity contribution in [2.24, 2.45) is 0 Å². The van der Waals surface area contributed by atoms with Gasteiger partial charge in [-0.05, 0) is 39.0 Å². The lowest BCUT2D eigenvalue weighted by molar-refractivity contribution is 0.0694. The Bertz CT molecular complexity index is 841. The number of piperazine rings is 1. The van der Waals surface area contributed by atoms with E-state index in [0.717, 1.165) is 30.8 Å². The lowest BCUT2D eigenvalue weighted by Crippen LogP contribution is -2.49. The molecule has 2 aromatic rings. The fourth-order valence-electron chi connectivity index (χ4n) is 3.28. The van der Waals surface area contributed by atoms with Gasteiger partial charge in [0.05, 0.1) is 5.52 Å². The molecule has 2 heterocycles. The largest absolute Gasteiger partial charge is 0.477 e. The molecule has 1 aromatic carbocycles. The smallest absolute Gasteiger partial charge is 0.341 e. The molecule has 2 N–H and O–H groups in total. The molecule has 128 valence electrons. The minimum absolute atomic E-state index is 0.0587. The number of anilines is 1. The van der Waals surface area contributed by atoms with Gasteiger partial charge >= 0.3 is 5.97 Å². The maximum Gasteiger partial charge on any atom is 0.341 e. The zero-order valence-corrected chi connectivity index (χ0v) is 14.2. The third-order valence-electron chi connectivity index (χ3n) is 4.54. The van der Waals surface area contributed by atoms with E-state index in [0.29, 0.717) is 11.4 Å². The lowest BCUT2D eigenvalue weighted by atomic mass is 10.1. The first-order valence-electron chi connectivity index (χ1n) is 8.29. The maximum atomic E-state index is 12.5. The van der Waals surface area contributed by atoms with Crippen molar-refractivity contribution < 1.29 is 9.90 Å². The number of nitrogens with zero attached hydrogens (tertiary/aromatic N) is 2. The Morgan fingerprint density at radius 1 is 1.38 bits per heavy atom. The lowest BCUT2D eigenvalue weighted by Gasteiger charge is -2.34. The van der Waals surface area contributed by atoms with Gasteiger partial charge in [-0.1, -0.05) is 0 Å². The summed E-state index contributed by atoms with van der Waals surface area (Å²) >= 11 is 0. The van der Waals surface area contributed by atoms with Gasteiger partial charge in [-0.2, -0.15) is 0 Å². The first-order chi connectivity index (χ1) is 11.4. The van der Waals surface area contributed by atoms with Crippen LogP contribution in [0.1, 0.15) is 37.2 Å². The summed E-state index contributed by atoms with van der Waals surface area (Å²) in [6.45, 7) is 8.86. The molecule has 1 aliphatic heterocycles. The molecule has 24 heavy (non-hydrogen) atoms. The number of benzene rings is 1. The first-order valence-corrected chi connectivity index (χ1v) is 8.29. The minimum atomic E-state index is -1.18. The van der Waals surface area contributed by atoms with E-state index >= 15 is 0 Å². The van der Waals surface area contributed by atoms with Crippen molar-refractivity contribution in [2.45, 2.75) is 32.9 Å². The number of rotatable bonds is 3. The molecule has 1 aromatic heterocycles. The summed E-state index contributed by atoms with van der Waals surface area (Å²) in [7, 11) is 0. The highest BCUT2D eigenvalue weighted by molar-refractivity contribution is 5.93. The molecule has 0 radical (unpaired) electrons. The number of hydrogen-bond donors (Lipinski definition) is 2. The first kappa shape index (κ1) is 16.5. The van der Waals surface area contributed by atoms with E-state index in [1.165, 1.54) is 6.20 Å². The van der Waals surface area contributed by atoms with Crippen LogP contribution in [0.5, 0.6) is 0 Å². The van der Waals surface area contributed by atoms with Crippen molar-refractivity contribution >= 4 is 22.6 Å². The highest BCUT2D eigenvalue weighted by Gasteiger charge is 2.19. The van der Waals surface area contributed by atoms with Crippen LogP contribution in [-0.4, -0.2) is 41.3 Å². The van der Waals surface area contributed by atoms with E-state index < -0.39 is 11.4 Å². The Balaban J connectivity index is 2.18. The fourth-order valence-corrected chi connectivity index (χ4v) is 3.28. The molecule has 1 fully saturated rings. The van der Waals surface area contributed by atoms with Crippen LogP contribution in [0.2, 0.25) is 0 Å². The van der Waals surface area contributed by atoms with Crippen LogP contribution in [0.25, 0.3) is 10.9 Å². The van der Waals surface area contributed by atoms with Crippen LogP contribution in [0, 0.1) is 0 Å². The molecule has 0 bridgehead atoms. The Labute approximate surface area is 140 Å². The number of nitrogens with one attached hydrogen (secondary N) is 1. The Kier molecular flexibility index (Phi) is 4.32. The minimum Gasteiger partial charge on any atom is -0.477 e. The predicted octanol–water partition coefficient (Wildman–Crippen LogP) is 2.08. The molecule has 1 aliphatic rings. The third kappa shape index (κ3) is 2.89. The molecule has 6 nitrogen and oxygen atoms in total. The van der Waals surface area contributed by atoms with Gasteiger partial charge in [0.25, 0.3) is 0 Å². The van der Waals surface area contributed by atoms with Gasteiger partial charge in [-0.3, -0.25) is 4.79 Å². The number of hydrogen-bond acceptors (Lipinski definition) is 4. The third-order valence-corrected chi connectivity index (χ3v) is 4.54. The quantitative estimate of drug-likeness (QED) is 0.902. The Morgan fingerprint density at radius 2 is 2.12 bits per heavy atom. The number of carboxylic acid groups (broad SMARTS) is 1. The van der Waals surface area contributed by atoms with Crippen LogP contribution in [-0.2, 0) is 0 Å². The van der Waals surface area contributed by atoms with Crippen molar-refractivity contribution in [1.82, 2.24) is 9.88 Å². The van der Waals surface area contributed by atoms with Gasteiger partial charge in [-0.15, -0.1) is 0 Å². The van der Waals surface area contributed by atoms with E-state index in [-0.39, 0.29) is 11.6 Å². The standard InChI is InChI=1S/C18H23N3O3/c1-11(2)21-10-15(18(23)24)17(22)14-5-4-13(8-16(14)21)20-7-6-19-12(3)9-20/h4-5,8,10-12,19H,6-7,9H2,1-3H3,(H,23,24). The van der Waals surface area contributed by atoms with Crippen molar-refractivity contribution in [1.29, 1.82) is 0 Å². The Morgan fingerprint density at radius 3 is 2.75 bits per heavy atom. The molecule has 0 aliphatic carbocycles. The number of pyridine rings is 1. The molecule has 1 saturated heterocycles. The van der Waals surface area contributed by atoms with Gasteiger partial charge in [0.2, 0.25) is 5.43 Å². The van der Waals surface area contributed by atoms with Gasteiger partial charge in [-0.25, -0.2) is 4.79 Å². The summed E-state index contributed by atoms with van der Waals surface area (Å²) in [5.41, 5.74) is 1.24. The van der Waals surface area contributed by atoms with E-state index in [4.69, 9.17) is 0 Å². The molecular weight excluding hydrogens is 306 g/mol. The second-order valence-corrected chi connectivity index (χ2v) is 6.68. The molecule has 0 spiro atoms. The normalized spacial score (nSPS) is 18.3. The molecule has 1 unspecified atom stereocenters. The highest BCUT2D eigenvalue weighted by atomic mass is 16.4. The second kappa shape index (κ2) is 6.28. The molecule has 3 rings (SSSR count). The van der Waals surface area contributed by atoms with E-state index in [9.17, 15) is 14.7 Å². The average molecular weight is 329 g/mol. The van der Waals surface area contributed by atoms with Gasteiger partial charge in [0.1, 0.15) is 5.56 Å². The second-order valence-electron chi connectivity index (χ2n) is 6.68. The van der Waals surface area contributed by atoms with Crippen LogP contribution in [0.15, 0.2) is 29.2 Å². The number of carboxylic acids is 1. The monoisotopic (exact) mass is 329 g/mol. The van der Waals surface area contributed by atoms with Crippen LogP contribution in [0.3, 0.4) is 0 Å². The van der Waals surface area contributed by atoms with Crippen LogP contribution < -0.4 is 15.6 Å². The van der Waals surface area contributed by atoms with E-state index in [1.807, 2.05) is 30.5 Å². The molecule has 0 amide bonds. The van der Waals surface area contributed by atoms with E-state index in [2.05, 4.69) is 17.1 Å². The zero-order valence-electron chi connectivity index (χ0n) is 14.2. The van der Waals surface area contributed by atoms with Gasteiger partial charge in [0.15, 0.2) is 0 Å². The summed E-state index contributed by atoms with van der Waals surface area (Å²) in [5.74, 6) is -1.18. The van der Waals surface area contributed by atoms with Crippen LogP contribution in [0.4, 0.5) is 5.69 Å². The van der Waals surface area contributed by atoms with Gasteiger partial charge in [0, 0.05) is 49.0 Å². The average Bonchev–Trinajstić information content (AvgIpc) is 2.54. The topological polar surface area (TPSA) is 74.6 Å². The molecule has 1 atom stereocenters.